The summed E-state index contributed by atoms with van der Waals surface area (Å²) in [5, 5.41) is 24.3. The Morgan fingerprint density at radius 1 is 1.03 bits per heavy atom. The molecule has 0 aliphatic rings. The third kappa shape index (κ3) is 6.08. The van der Waals surface area contributed by atoms with Crippen LogP contribution in [-0.2, 0) is 14.3 Å². The maximum absolute atomic E-state index is 12.7. The Labute approximate surface area is 181 Å². The van der Waals surface area contributed by atoms with E-state index >= 15 is 0 Å². The first-order chi connectivity index (χ1) is 15.1. The van der Waals surface area contributed by atoms with Gasteiger partial charge in [0.1, 0.15) is 6.04 Å². The number of primary amides is 1. The van der Waals surface area contributed by atoms with Crippen molar-refractivity contribution in [1.82, 2.24) is 5.32 Å². The number of nitrogens with one attached hydrogen (secondary N) is 1. The van der Waals surface area contributed by atoms with Gasteiger partial charge in [-0.15, -0.1) is 0 Å². The molecule has 2 aromatic rings. The van der Waals surface area contributed by atoms with Gasteiger partial charge in [0.05, 0.1) is 22.9 Å². The van der Waals surface area contributed by atoms with Gasteiger partial charge >= 0.3 is 5.97 Å². The van der Waals surface area contributed by atoms with Crippen LogP contribution in [0.25, 0.3) is 0 Å². The van der Waals surface area contributed by atoms with Crippen molar-refractivity contribution in [3.05, 3.63) is 79.9 Å². The topological polar surface area (TPSA) is 185 Å². The number of carbonyl (C=O) groups is 3. The molecule has 0 bridgehead atoms. The van der Waals surface area contributed by atoms with Gasteiger partial charge in [-0.05, 0) is 18.6 Å². The first-order valence-electron chi connectivity index (χ1n) is 9.38. The van der Waals surface area contributed by atoms with E-state index in [-0.39, 0.29) is 30.0 Å². The fourth-order valence-electron chi connectivity index (χ4n) is 3.03. The number of hydrogen-bond acceptors (Lipinski definition) is 8. The summed E-state index contributed by atoms with van der Waals surface area (Å²) in [6.07, 6.45) is -0.353. The molecule has 2 amide bonds. The molecule has 2 atom stereocenters. The minimum absolute atomic E-state index is 0.0765. The summed E-state index contributed by atoms with van der Waals surface area (Å²) in [6, 6.07) is 8.50. The van der Waals surface area contributed by atoms with Gasteiger partial charge in [-0.1, -0.05) is 18.2 Å². The van der Waals surface area contributed by atoms with E-state index in [1.807, 2.05) is 0 Å². The molecule has 0 saturated heterocycles. The number of carbonyl (C=O) groups excluding carboxylic acids is 3. The fraction of sp³-hybridized carbons (Fsp3) is 0.250. The normalized spacial score (nSPS) is 12.3. The standard InChI is InChI=1S/C20H20N4O8/c1-2-32-17(25)11-16(12-6-8-14(9-7-12)23(28)29)18(19(21)26)22-20(27)13-4-3-5-15(10-13)24(30)31/h3-10,16,18H,2,11H2,1H3,(H2,21,26)(H,22,27)/t16-,18-/m0/s1. The summed E-state index contributed by atoms with van der Waals surface area (Å²) in [7, 11) is 0. The molecule has 12 heteroatoms. The van der Waals surface area contributed by atoms with E-state index < -0.39 is 39.6 Å². The van der Waals surface area contributed by atoms with Crippen molar-refractivity contribution < 1.29 is 29.0 Å². The minimum atomic E-state index is -1.41. The van der Waals surface area contributed by atoms with Crippen LogP contribution in [0.3, 0.4) is 0 Å². The van der Waals surface area contributed by atoms with Gasteiger partial charge < -0.3 is 15.8 Å². The molecular weight excluding hydrogens is 424 g/mol. The zero-order valence-corrected chi connectivity index (χ0v) is 16.9. The van der Waals surface area contributed by atoms with Crippen LogP contribution in [0.15, 0.2) is 48.5 Å². The molecule has 0 unspecified atom stereocenters. The highest BCUT2D eigenvalue weighted by Gasteiger charge is 2.32. The number of nitro benzene ring substituents is 2. The molecule has 0 spiro atoms. The molecule has 0 aliphatic carbocycles. The van der Waals surface area contributed by atoms with E-state index in [0.717, 1.165) is 6.07 Å². The molecule has 0 heterocycles. The van der Waals surface area contributed by atoms with E-state index in [1.165, 1.54) is 42.5 Å². The van der Waals surface area contributed by atoms with Crippen LogP contribution < -0.4 is 11.1 Å². The Bertz CT molecular complexity index is 1040. The van der Waals surface area contributed by atoms with Crippen molar-refractivity contribution in [1.29, 1.82) is 0 Å². The van der Waals surface area contributed by atoms with Crippen LogP contribution in [0, 0.1) is 20.2 Å². The summed E-state index contributed by atoms with van der Waals surface area (Å²) in [6.45, 7) is 1.67. The number of nitrogens with zero attached hydrogens (tertiary/aromatic N) is 2. The van der Waals surface area contributed by atoms with Crippen molar-refractivity contribution in [2.75, 3.05) is 6.61 Å². The van der Waals surface area contributed by atoms with Gasteiger partial charge in [-0.25, -0.2) is 0 Å². The van der Waals surface area contributed by atoms with Gasteiger partial charge in [-0.2, -0.15) is 0 Å². The predicted octanol–water partition coefficient (Wildman–Crippen LogP) is 1.82. The Balaban J connectivity index is 2.39. The van der Waals surface area contributed by atoms with Gasteiger partial charge in [0.15, 0.2) is 0 Å². The average molecular weight is 444 g/mol. The molecule has 2 rings (SSSR count). The van der Waals surface area contributed by atoms with Crippen molar-refractivity contribution >= 4 is 29.2 Å². The van der Waals surface area contributed by atoms with Crippen molar-refractivity contribution in [2.45, 2.75) is 25.3 Å². The second-order valence-corrected chi connectivity index (χ2v) is 6.63. The summed E-state index contributed by atoms with van der Waals surface area (Å²) in [5.41, 5.74) is 5.18. The number of non-ortho nitro benzene ring substituents is 2. The molecule has 0 fully saturated rings. The number of nitro groups is 2. The highest BCUT2D eigenvalue weighted by atomic mass is 16.6. The molecule has 12 nitrogen and oxygen atoms in total. The van der Waals surface area contributed by atoms with Crippen LogP contribution in [0.1, 0.15) is 35.2 Å². The maximum atomic E-state index is 12.7. The van der Waals surface area contributed by atoms with E-state index in [1.54, 1.807) is 6.92 Å². The molecule has 0 saturated carbocycles. The molecule has 0 radical (unpaired) electrons. The number of rotatable bonds is 10. The number of nitrogens with two attached hydrogens (primary N) is 1. The van der Waals surface area contributed by atoms with E-state index in [4.69, 9.17) is 10.5 Å². The molecule has 168 valence electrons. The second-order valence-electron chi connectivity index (χ2n) is 6.63. The van der Waals surface area contributed by atoms with Crippen LogP contribution in [-0.4, -0.2) is 40.3 Å². The third-order valence-corrected chi connectivity index (χ3v) is 4.54. The highest BCUT2D eigenvalue weighted by Crippen LogP contribution is 2.27. The highest BCUT2D eigenvalue weighted by molar-refractivity contribution is 5.98. The number of hydrogen-bond donors (Lipinski definition) is 2. The van der Waals surface area contributed by atoms with Crippen LogP contribution in [0.2, 0.25) is 0 Å². The quantitative estimate of drug-likeness (QED) is 0.315. The Hall–Kier alpha value is -4.35. The zero-order chi connectivity index (χ0) is 23.8. The smallest absolute Gasteiger partial charge is 0.306 e. The summed E-state index contributed by atoms with van der Waals surface area (Å²) in [5.74, 6) is -3.48. The van der Waals surface area contributed by atoms with Gasteiger partial charge in [0.2, 0.25) is 5.91 Å². The monoisotopic (exact) mass is 444 g/mol. The molecule has 3 N–H and O–H groups in total. The lowest BCUT2D eigenvalue weighted by Crippen LogP contribution is -2.48. The molecule has 32 heavy (non-hydrogen) atoms. The zero-order valence-electron chi connectivity index (χ0n) is 16.9. The number of ether oxygens (including phenoxy) is 1. The predicted molar refractivity (Wildman–Crippen MR) is 111 cm³/mol. The van der Waals surface area contributed by atoms with Crippen LogP contribution in [0.5, 0.6) is 0 Å². The Kier molecular flexibility index (Phi) is 7.93. The van der Waals surface area contributed by atoms with Crippen molar-refractivity contribution in [3.63, 3.8) is 0 Å². The van der Waals surface area contributed by atoms with E-state index in [9.17, 15) is 34.6 Å². The average Bonchev–Trinajstić information content (AvgIpc) is 2.76. The first-order valence-corrected chi connectivity index (χ1v) is 9.38. The first kappa shape index (κ1) is 23.9. The Morgan fingerprint density at radius 3 is 2.19 bits per heavy atom. The van der Waals surface area contributed by atoms with Crippen LogP contribution in [0.4, 0.5) is 11.4 Å². The number of benzene rings is 2. The fourth-order valence-corrected chi connectivity index (χ4v) is 3.03. The second kappa shape index (κ2) is 10.6. The number of esters is 1. The lowest BCUT2D eigenvalue weighted by Gasteiger charge is -2.25. The lowest BCUT2D eigenvalue weighted by molar-refractivity contribution is -0.385. The van der Waals surface area contributed by atoms with Crippen molar-refractivity contribution in [3.8, 4) is 0 Å². The molecule has 2 aromatic carbocycles. The van der Waals surface area contributed by atoms with Crippen molar-refractivity contribution in [2.24, 2.45) is 5.73 Å². The summed E-state index contributed by atoms with van der Waals surface area (Å²) < 4.78 is 4.93. The van der Waals surface area contributed by atoms with Gasteiger partial charge in [-0.3, -0.25) is 34.6 Å². The van der Waals surface area contributed by atoms with Gasteiger partial charge in [0, 0.05) is 35.7 Å². The molecule has 0 aromatic heterocycles. The largest absolute Gasteiger partial charge is 0.466 e. The number of amides is 2. The van der Waals surface area contributed by atoms with Crippen LogP contribution >= 0.6 is 0 Å². The van der Waals surface area contributed by atoms with E-state index in [2.05, 4.69) is 5.32 Å². The maximum Gasteiger partial charge on any atom is 0.306 e. The Morgan fingerprint density at radius 2 is 1.66 bits per heavy atom. The lowest BCUT2D eigenvalue weighted by atomic mass is 9.87. The minimum Gasteiger partial charge on any atom is -0.466 e. The third-order valence-electron chi connectivity index (χ3n) is 4.54. The summed E-state index contributed by atoms with van der Waals surface area (Å²) >= 11 is 0. The molecule has 0 aliphatic heterocycles. The van der Waals surface area contributed by atoms with Gasteiger partial charge in [0.25, 0.3) is 17.3 Å². The van der Waals surface area contributed by atoms with E-state index in [0.29, 0.717) is 5.56 Å². The molecular formula is C20H20N4O8. The SMILES string of the molecule is CCOC(=O)C[C@@H](c1ccc([N+](=O)[O-])cc1)[C@H](NC(=O)c1cccc([N+](=O)[O-])c1)C(N)=O. The summed E-state index contributed by atoms with van der Waals surface area (Å²) in [4.78, 5) is 57.6.